The predicted octanol–water partition coefficient (Wildman–Crippen LogP) is 3.31. The van der Waals surface area contributed by atoms with Crippen molar-refractivity contribution in [2.75, 3.05) is 0 Å². The fourth-order valence-electron chi connectivity index (χ4n) is 1.23. The summed E-state index contributed by atoms with van der Waals surface area (Å²) in [6, 6.07) is 0.847. The molecule has 2 rings (SSSR count). The van der Waals surface area contributed by atoms with E-state index in [0.29, 0.717) is 4.57 Å². The number of imidazole rings is 1. The second-order valence-corrected chi connectivity index (χ2v) is 3.86. The average molecular weight is 330 g/mol. The number of rotatable bonds is 1. The Morgan fingerprint density at radius 1 is 1.33 bits per heavy atom. The lowest BCUT2D eigenvalue weighted by Crippen LogP contribution is -1.97. The minimum atomic E-state index is -2.87. The highest BCUT2D eigenvalue weighted by Gasteiger charge is 2.18. The smallest absolute Gasteiger partial charge is 0.273 e. The van der Waals surface area contributed by atoms with Crippen LogP contribution in [0, 0.1) is 15.2 Å². The Labute approximate surface area is 95.0 Å². The van der Waals surface area contributed by atoms with E-state index in [1.54, 1.807) is 0 Å². The molecule has 0 N–H and O–H groups in total. The molecular formula is C8H3F4IN2. The van der Waals surface area contributed by atoms with Gasteiger partial charge in [-0.15, -0.1) is 0 Å². The number of benzene rings is 1. The van der Waals surface area contributed by atoms with Crippen LogP contribution in [0.5, 0.6) is 0 Å². The molecule has 0 spiro atoms. The maximum Gasteiger partial charge on any atom is 0.320 e. The van der Waals surface area contributed by atoms with Crippen molar-refractivity contribution in [3.05, 3.63) is 27.6 Å². The third-order valence-electron chi connectivity index (χ3n) is 1.92. The molecule has 0 atom stereocenters. The van der Waals surface area contributed by atoms with Gasteiger partial charge in [0.2, 0.25) is 0 Å². The Morgan fingerprint density at radius 2 is 2.00 bits per heavy atom. The monoisotopic (exact) mass is 330 g/mol. The van der Waals surface area contributed by atoms with Crippen molar-refractivity contribution in [1.29, 1.82) is 0 Å². The number of nitrogens with zero attached hydrogens (tertiary/aromatic N) is 2. The average Bonchev–Trinajstić information content (AvgIpc) is 2.58. The van der Waals surface area contributed by atoms with Gasteiger partial charge in [-0.1, -0.05) is 0 Å². The second-order valence-electron chi connectivity index (χ2n) is 2.78. The number of halogens is 5. The van der Waals surface area contributed by atoms with Crippen LogP contribution in [0.3, 0.4) is 0 Å². The molecule has 0 aliphatic rings. The number of aromatic nitrogens is 2. The van der Waals surface area contributed by atoms with Crippen molar-refractivity contribution >= 4 is 33.6 Å². The zero-order valence-electron chi connectivity index (χ0n) is 7.02. The maximum absolute atomic E-state index is 13.4. The van der Waals surface area contributed by atoms with Crippen LogP contribution < -0.4 is 0 Å². The van der Waals surface area contributed by atoms with E-state index in [1.807, 2.05) is 0 Å². The van der Waals surface area contributed by atoms with Crippen molar-refractivity contribution in [3.63, 3.8) is 0 Å². The molecule has 2 aromatic rings. The predicted molar refractivity (Wildman–Crippen MR) is 53.6 cm³/mol. The summed E-state index contributed by atoms with van der Waals surface area (Å²) in [6.45, 7) is -2.87. The van der Waals surface area contributed by atoms with Crippen LogP contribution in [0.25, 0.3) is 11.0 Å². The Hall–Kier alpha value is -0.860. The molecule has 0 amide bonds. The number of hydrogen-bond acceptors (Lipinski definition) is 1. The van der Waals surface area contributed by atoms with Gasteiger partial charge in [0, 0.05) is 6.07 Å². The molecular weight excluding hydrogens is 327 g/mol. The first-order valence-corrected chi connectivity index (χ1v) is 4.88. The summed E-state index contributed by atoms with van der Waals surface area (Å²) >= 11 is 1.46. The summed E-state index contributed by atoms with van der Waals surface area (Å²) in [5, 5.41) is 0. The number of fused-ring (bicyclic) bond motifs is 1. The molecule has 0 saturated carbocycles. The van der Waals surface area contributed by atoms with E-state index in [1.165, 1.54) is 22.6 Å². The zero-order chi connectivity index (χ0) is 11.2. The molecule has 0 bridgehead atoms. The molecule has 1 aromatic heterocycles. The van der Waals surface area contributed by atoms with Crippen LogP contribution >= 0.6 is 22.6 Å². The Bertz CT molecular complexity index is 523. The highest BCUT2D eigenvalue weighted by Crippen LogP contribution is 2.26. The van der Waals surface area contributed by atoms with Gasteiger partial charge in [-0.25, -0.2) is 13.8 Å². The third kappa shape index (κ3) is 1.58. The van der Waals surface area contributed by atoms with E-state index < -0.39 is 18.2 Å². The van der Waals surface area contributed by atoms with Crippen LogP contribution in [-0.4, -0.2) is 9.55 Å². The van der Waals surface area contributed by atoms with E-state index in [0.717, 1.165) is 12.4 Å². The lowest BCUT2D eigenvalue weighted by molar-refractivity contribution is 0.0745. The molecule has 80 valence electrons. The van der Waals surface area contributed by atoms with E-state index in [2.05, 4.69) is 4.98 Å². The number of hydrogen-bond donors (Lipinski definition) is 0. The SMILES string of the molecule is Fc1cc2c(ncn2C(F)F)c(F)c1I. The van der Waals surface area contributed by atoms with E-state index in [-0.39, 0.29) is 14.6 Å². The third-order valence-corrected chi connectivity index (χ3v) is 2.90. The minimum absolute atomic E-state index is 0.249. The first-order valence-electron chi connectivity index (χ1n) is 3.80. The van der Waals surface area contributed by atoms with Crippen molar-refractivity contribution in [2.24, 2.45) is 0 Å². The quantitative estimate of drug-likeness (QED) is 0.446. The standard InChI is InChI=1S/C8H3F4IN2/c9-3-1-4-7(5(10)6(3)13)14-2-15(4)8(11)12/h1-2,8H. The molecule has 1 aromatic carbocycles. The van der Waals surface area contributed by atoms with Gasteiger partial charge in [-0.3, -0.25) is 4.57 Å². The highest BCUT2D eigenvalue weighted by atomic mass is 127. The maximum atomic E-state index is 13.4. The van der Waals surface area contributed by atoms with Gasteiger partial charge in [0.1, 0.15) is 17.7 Å². The van der Waals surface area contributed by atoms with Crippen molar-refractivity contribution in [3.8, 4) is 0 Å². The molecule has 0 aliphatic carbocycles. The lowest BCUT2D eigenvalue weighted by Gasteiger charge is -2.03. The topological polar surface area (TPSA) is 17.8 Å². The first-order chi connectivity index (χ1) is 7.02. The lowest BCUT2D eigenvalue weighted by atomic mass is 10.3. The normalized spacial score (nSPS) is 11.6. The van der Waals surface area contributed by atoms with Crippen LogP contribution in [0.15, 0.2) is 12.4 Å². The van der Waals surface area contributed by atoms with Gasteiger partial charge in [0.25, 0.3) is 0 Å². The molecule has 0 saturated heterocycles. The summed E-state index contributed by atoms with van der Waals surface area (Å²) < 4.78 is 51.4. The van der Waals surface area contributed by atoms with Crippen LogP contribution in [0.1, 0.15) is 6.55 Å². The van der Waals surface area contributed by atoms with Crippen molar-refractivity contribution in [1.82, 2.24) is 9.55 Å². The van der Waals surface area contributed by atoms with Gasteiger partial charge < -0.3 is 0 Å². The zero-order valence-corrected chi connectivity index (χ0v) is 9.17. The minimum Gasteiger partial charge on any atom is -0.273 e. The van der Waals surface area contributed by atoms with Crippen LogP contribution in [0.2, 0.25) is 0 Å². The Balaban J connectivity index is 2.83. The number of alkyl halides is 2. The molecule has 0 fully saturated rings. The first kappa shape index (κ1) is 10.7. The summed E-state index contributed by atoms with van der Waals surface area (Å²) in [7, 11) is 0. The summed E-state index contributed by atoms with van der Waals surface area (Å²) in [5.41, 5.74) is -0.499. The molecule has 0 unspecified atom stereocenters. The van der Waals surface area contributed by atoms with Gasteiger partial charge in [0.05, 0.1) is 9.09 Å². The molecule has 7 heteroatoms. The van der Waals surface area contributed by atoms with E-state index in [4.69, 9.17) is 0 Å². The molecule has 15 heavy (non-hydrogen) atoms. The summed E-state index contributed by atoms with van der Waals surface area (Å²) in [6.07, 6.45) is 0.786. The fraction of sp³-hybridized carbons (Fsp3) is 0.125. The Morgan fingerprint density at radius 3 is 2.60 bits per heavy atom. The molecule has 0 radical (unpaired) electrons. The second kappa shape index (κ2) is 3.62. The molecule has 0 aliphatic heterocycles. The van der Waals surface area contributed by atoms with Crippen LogP contribution in [0.4, 0.5) is 17.6 Å². The molecule has 2 nitrogen and oxygen atoms in total. The van der Waals surface area contributed by atoms with E-state index >= 15 is 0 Å². The van der Waals surface area contributed by atoms with Gasteiger partial charge >= 0.3 is 6.55 Å². The summed E-state index contributed by atoms with van der Waals surface area (Å²) in [4.78, 5) is 3.48. The Kier molecular flexibility index (Phi) is 2.57. The van der Waals surface area contributed by atoms with Crippen molar-refractivity contribution in [2.45, 2.75) is 6.55 Å². The van der Waals surface area contributed by atoms with Gasteiger partial charge in [-0.05, 0) is 22.6 Å². The van der Waals surface area contributed by atoms with Gasteiger partial charge in [0.15, 0.2) is 5.82 Å². The molecule has 1 heterocycles. The summed E-state index contributed by atoms with van der Waals surface area (Å²) in [5.74, 6) is -1.78. The largest absolute Gasteiger partial charge is 0.320 e. The van der Waals surface area contributed by atoms with Crippen LogP contribution in [-0.2, 0) is 0 Å². The van der Waals surface area contributed by atoms with Crippen molar-refractivity contribution < 1.29 is 17.6 Å². The highest BCUT2D eigenvalue weighted by molar-refractivity contribution is 14.1. The fourth-order valence-corrected chi connectivity index (χ4v) is 1.64. The van der Waals surface area contributed by atoms with Gasteiger partial charge in [-0.2, -0.15) is 8.78 Å². The van der Waals surface area contributed by atoms with E-state index in [9.17, 15) is 17.6 Å².